The summed E-state index contributed by atoms with van der Waals surface area (Å²) in [6.07, 6.45) is 2.34. The van der Waals surface area contributed by atoms with Crippen molar-refractivity contribution in [2.24, 2.45) is 0 Å². The van der Waals surface area contributed by atoms with Gasteiger partial charge in [-0.05, 0) is 31.0 Å². The van der Waals surface area contributed by atoms with Gasteiger partial charge in [0, 0.05) is 11.8 Å². The monoisotopic (exact) mass is 304 g/mol. The molecule has 2 N–H and O–H groups in total. The van der Waals surface area contributed by atoms with Crippen molar-refractivity contribution in [1.82, 2.24) is 20.5 Å². The summed E-state index contributed by atoms with van der Waals surface area (Å²) in [6, 6.07) is 9.29. The third-order valence-electron chi connectivity index (χ3n) is 3.33. The molecule has 0 aliphatic heterocycles. The van der Waals surface area contributed by atoms with Gasteiger partial charge in [-0.3, -0.25) is 5.10 Å². The minimum atomic E-state index is 0.328. The quantitative estimate of drug-likeness (QED) is 0.733. The summed E-state index contributed by atoms with van der Waals surface area (Å²) in [7, 11) is 0. The Balaban J connectivity index is 2.00. The van der Waals surface area contributed by atoms with Crippen LogP contribution in [0.1, 0.15) is 43.3 Å². The number of hydrogen-bond donors (Lipinski definition) is 2. The van der Waals surface area contributed by atoms with Crippen molar-refractivity contribution in [2.45, 2.75) is 44.8 Å². The van der Waals surface area contributed by atoms with Gasteiger partial charge in [-0.15, -0.1) is 5.10 Å². The topological polar surface area (TPSA) is 53.6 Å². The van der Waals surface area contributed by atoms with Crippen LogP contribution in [0.25, 0.3) is 0 Å². The van der Waals surface area contributed by atoms with Crippen LogP contribution in [0.3, 0.4) is 0 Å². The Morgan fingerprint density at radius 2 is 2.00 bits per heavy atom. The Hall–Kier alpha value is -1.33. The predicted octanol–water partition coefficient (Wildman–Crippen LogP) is 3.51. The fourth-order valence-corrected chi connectivity index (χ4v) is 3.21. The molecule has 4 nitrogen and oxygen atoms in total. The lowest BCUT2D eigenvalue weighted by Gasteiger charge is -2.17. The highest BCUT2D eigenvalue weighted by atomic mass is 32.2. The van der Waals surface area contributed by atoms with E-state index in [0.717, 1.165) is 29.7 Å². The number of thioether (sulfide) groups is 1. The van der Waals surface area contributed by atoms with Crippen LogP contribution in [-0.2, 0) is 6.42 Å². The summed E-state index contributed by atoms with van der Waals surface area (Å²) in [5, 5.41) is 11.4. The number of aryl methyl sites for hydroxylation is 2. The van der Waals surface area contributed by atoms with Crippen LogP contribution < -0.4 is 5.32 Å². The van der Waals surface area contributed by atoms with Gasteiger partial charge >= 0.3 is 0 Å². The third-order valence-corrected chi connectivity index (χ3v) is 4.27. The average Bonchev–Trinajstić information content (AvgIpc) is 2.90. The number of nitrogens with zero attached hydrogens (tertiary/aromatic N) is 2. The van der Waals surface area contributed by atoms with E-state index in [0.29, 0.717) is 6.04 Å². The molecule has 1 unspecified atom stereocenters. The molecule has 0 radical (unpaired) electrons. The first-order valence-electron chi connectivity index (χ1n) is 7.57. The van der Waals surface area contributed by atoms with Crippen LogP contribution in [0.4, 0.5) is 0 Å². The van der Waals surface area contributed by atoms with Crippen LogP contribution in [0.5, 0.6) is 0 Å². The zero-order chi connectivity index (χ0) is 15.1. The summed E-state index contributed by atoms with van der Waals surface area (Å²) >= 11 is 1.68. The van der Waals surface area contributed by atoms with E-state index in [1.54, 1.807) is 11.8 Å². The van der Waals surface area contributed by atoms with E-state index < -0.39 is 0 Å². The highest BCUT2D eigenvalue weighted by Crippen LogP contribution is 2.23. The zero-order valence-corrected chi connectivity index (χ0v) is 13.8. The number of benzene rings is 1. The number of aromatic nitrogens is 3. The first-order chi connectivity index (χ1) is 10.2. The molecule has 0 aliphatic rings. The summed E-state index contributed by atoms with van der Waals surface area (Å²) < 4.78 is 0. The second kappa shape index (κ2) is 8.20. The predicted molar refractivity (Wildman–Crippen MR) is 88.7 cm³/mol. The number of H-pyrrole nitrogens is 1. The van der Waals surface area contributed by atoms with E-state index in [1.165, 1.54) is 17.5 Å². The number of hydrogen-bond acceptors (Lipinski definition) is 4. The molecule has 1 atom stereocenters. The average molecular weight is 304 g/mol. The summed E-state index contributed by atoms with van der Waals surface area (Å²) in [5.74, 6) is 1.79. The second-order valence-corrected chi connectivity index (χ2v) is 6.10. The van der Waals surface area contributed by atoms with Crippen LogP contribution >= 0.6 is 11.8 Å². The number of rotatable bonds is 8. The summed E-state index contributed by atoms with van der Waals surface area (Å²) in [5.41, 5.74) is 2.74. The second-order valence-electron chi connectivity index (χ2n) is 5.12. The van der Waals surface area contributed by atoms with Crippen LogP contribution in [0.15, 0.2) is 29.4 Å². The van der Waals surface area contributed by atoms with Crippen molar-refractivity contribution in [3.05, 3.63) is 41.2 Å². The van der Waals surface area contributed by atoms with Gasteiger partial charge < -0.3 is 5.32 Å². The Bertz CT molecular complexity index is 535. The first kappa shape index (κ1) is 16.0. The van der Waals surface area contributed by atoms with Crippen LogP contribution in [-0.4, -0.2) is 27.5 Å². The normalized spacial score (nSPS) is 12.5. The van der Waals surface area contributed by atoms with E-state index in [4.69, 9.17) is 0 Å². The van der Waals surface area contributed by atoms with Crippen molar-refractivity contribution in [3.8, 4) is 0 Å². The first-order valence-corrected chi connectivity index (χ1v) is 8.55. The molecule has 0 aliphatic carbocycles. The molecule has 5 heteroatoms. The minimum Gasteiger partial charge on any atom is -0.309 e. The molecule has 0 saturated heterocycles. The standard InChI is InChI=1S/C16H24N4S/c1-4-6-13-7-9-14(10-8-13)15(17-5-2)11-21-16-18-12(3)19-20-16/h7-10,15,17H,4-6,11H2,1-3H3,(H,18,19,20). The van der Waals surface area contributed by atoms with E-state index in [2.05, 4.69) is 58.6 Å². The van der Waals surface area contributed by atoms with Crippen molar-refractivity contribution in [3.63, 3.8) is 0 Å². The van der Waals surface area contributed by atoms with Gasteiger partial charge in [0.1, 0.15) is 5.82 Å². The molecule has 1 aromatic heterocycles. The van der Waals surface area contributed by atoms with E-state index in [9.17, 15) is 0 Å². The molecule has 2 aromatic rings. The van der Waals surface area contributed by atoms with Crippen LogP contribution in [0, 0.1) is 6.92 Å². The zero-order valence-electron chi connectivity index (χ0n) is 13.0. The maximum absolute atomic E-state index is 4.34. The van der Waals surface area contributed by atoms with Crippen LogP contribution in [0.2, 0.25) is 0 Å². The SMILES string of the molecule is CCCc1ccc(C(CSc2n[nH]c(C)n2)NCC)cc1. The fraction of sp³-hybridized carbons (Fsp3) is 0.500. The van der Waals surface area contributed by atoms with Gasteiger partial charge in [0.25, 0.3) is 0 Å². The lowest BCUT2D eigenvalue weighted by Crippen LogP contribution is -2.23. The highest BCUT2D eigenvalue weighted by molar-refractivity contribution is 7.99. The molecule has 0 spiro atoms. The molecule has 114 valence electrons. The third kappa shape index (κ3) is 4.86. The Morgan fingerprint density at radius 1 is 1.24 bits per heavy atom. The Morgan fingerprint density at radius 3 is 2.57 bits per heavy atom. The van der Waals surface area contributed by atoms with Gasteiger partial charge in [-0.1, -0.05) is 56.3 Å². The molecular weight excluding hydrogens is 280 g/mol. The minimum absolute atomic E-state index is 0.328. The van der Waals surface area contributed by atoms with Crippen molar-refractivity contribution >= 4 is 11.8 Å². The van der Waals surface area contributed by atoms with Gasteiger partial charge in [0.2, 0.25) is 5.16 Å². The van der Waals surface area contributed by atoms with E-state index >= 15 is 0 Å². The molecule has 1 heterocycles. The molecular formula is C16H24N4S. The van der Waals surface area contributed by atoms with Gasteiger partial charge in [-0.25, -0.2) is 4.98 Å². The van der Waals surface area contributed by atoms with Crippen molar-refractivity contribution in [2.75, 3.05) is 12.3 Å². The van der Waals surface area contributed by atoms with Crippen molar-refractivity contribution < 1.29 is 0 Å². The maximum Gasteiger partial charge on any atom is 0.208 e. The molecule has 1 aromatic carbocycles. The van der Waals surface area contributed by atoms with E-state index in [1.807, 2.05) is 6.92 Å². The largest absolute Gasteiger partial charge is 0.309 e. The lowest BCUT2D eigenvalue weighted by molar-refractivity contribution is 0.605. The fourth-order valence-electron chi connectivity index (χ4n) is 2.27. The highest BCUT2D eigenvalue weighted by Gasteiger charge is 2.12. The smallest absolute Gasteiger partial charge is 0.208 e. The molecule has 0 saturated carbocycles. The van der Waals surface area contributed by atoms with E-state index in [-0.39, 0.29) is 0 Å². The maximum atomic E-state index is 4.34. The molecule has 2 rings (SSSR count). The number of nitrogens with one attached hydrogen (secondary N) is 2. The van der Waals surface area contributed by atoms with Crippen molar-refractivity contribution in [1.29, 1.82) is 0 Å². The molecule has 0 amide bonds. The summed E-state index contributed by atoms with van der Waals surface area (Å²) in [4.78, 5) is 4.34. The van der Waals surface area contributed by atoms with Gasteiger partial charge in [0.15, 0.2) is 0 Å². The Labute approximate surface area is 131 Å². The van der Waals surface area contributed by atoms with Gasteiger partial charge in [-0.2, -0.15) is 0 Å². The summed E-state index contributed by atoms with van der Waals surface area (Å²) in [6.45, 7) is 7.23. The Kier molecular flexibility index (Phi) is 6.26. The van der Waals surface area contributed by atoms with Gasteiger partial charge in [0.05, 0.1) is 0 Å². The molecule has 21 heavy (non-hydrogen) atoms. The lowest BCUT2D eigenvalue weighted by atomic mass is 10.0. The molecule has 0 bridgehead atoms. The molecule has 0 fully saturated rings. The number of aromatic amines is 1.